The summed E-state index contributed by atoms with van der Waals surface area (Å²) in [6, 6.07) is 5.29. The van der Waals surface area contributed by atoms with Gasteiger partial charge in [-0.25, -0.2) is 0 Å². The predicted octanol–water partition coefficient (Wildman–Crippen LogP) is 1.29. The van der Waals surface area contributed by atoms with Crippen molar-refractivity contribution in [2.24, 2.45) is 5.73 Å². The van der Waals surface area contributed by atoms with Crippen molar-refractivity contribution >= 4 is 11.6 Å². The van der Waals surface area contributed by atoms with E-state index in [2.05, 4.69) is 5.32 Å². The molecule has 4 nitrogen and oxygen atoms in total. The molecular weight excluding hydrogens is 192 g/mol. The Bertz CT molecular complexity index is 364. The molecule has 0 spiro atoms. The topological polar surface area (TPSA) is 64.3 Å². The third-order valence-corrected chi connectivity index (χ3v) is 2.15. The molecule has 15 heavy (non-hydrogen) atoms. The third-order valence-electron chi connectivity index (χ3n) is 2.15. The minimum absolute atomic E-state index is 0.390. The van der Waals surface area contributed by atoms with Crippen LogP contribution >= 0.6 is 0 Å². The zero-order valence-corrected chi connectivity index (χ0v) is 9.20. The smallest absolute Gasteiger partial charge is 0.239 e. The highest BCUT2D eigenvalue weighted by Gasteiger charge is 2.10. The molecule has 0 aliphatic rings. The maximum atomic E-state index is 10.9. The molecule has 0 heterocycles. The van der Waals surface area contributed by atoms with E-state index in [1.54, 1.807) is 14.0 Å². The Labute approximate surface area is 89.4 Å². The van der Waals surface area contributed by atoms with Crippen LogP contribution < -0.4 is 15.8 Å². The Morgan fingerprint density at radius 2 is 2.20 bits per heavy atom. The van der Waals surface area contributed by atoms with Gasteiger partial charge in [0.1, 0.15) is 11.8 Å². The van der Waals surface area contributed by atoms with E-state index in [9.17, 15) is 4.79 Å². The maximum Gasteiger partial charge on any atom is 0.239 e. The van der Waals surface area contributed by atoms with Gasteiger partial charge in [-0.15, -0.1) is 0 Å². The van der Waals surface area contributed by atoms with E-state index in [1.807, 2.05) is 25.1 Å². The molecule has 0 fully saturated rings. The summed E-state index contributed by atoms with van der Waals surface area (Å²) in [5, 5.41) is 3.00. The van der Waals surface area contributed by atoms with Crippen molar-refractivity contribution in [3.05, 3.63) is 23.8 Å². The zero-order chi connectivity index (χ0) is 11.4. The molecule has 0 aliphatic heterocycles. The van der Waals surface area contributed by atoms with Crippen LogP contribution in [0.15, 0.2) is 18.2 Å². The van der Waals surface area contributed by atoms with E-state index in [0.717, 1.165) is 11.3 Å². The molecule has 3 N–H and O–H groups in total. The Hall–Kier alpha value is -1.71. The number of benzene rings is 1. The molecular formula is C11H16N2O2. The number of primary amides is 1. The lowest BCUT2D eigenvalue weighted by Gasteiger charge is -2.15. The molecule has 1 amide bonds. The molecule has 0 bridgehead atoms. The van der Waals surface area contributed by atoms with Gasteiger partial charge >= 0.3 is 0 Å². The van der Waals surface area contributed by atoms with Crippen LogP contribution in [0.25, 0.3) is 0 Å². The molecule has 1 atom stereocenters. The van der Waals surface area contributed by atoms with Gasteiger partial charge in [-0.2, -0.15) is 0 Å². The number of rotatable bonds is 4. The minimum atomic E-state index is -0.416. The zero-order valence-electron chi connectivity index (χ0n) is 9.20. The molecule has 4 heteroatoms. The lowest BCUT2D eigenvalue weighted by Crippen LogP contribution is -2.32. The van der Waals surface area contributed by atoms with Crippen molar-refractivity contribution in [3.63, 3.8) is 0 Å². The van der Waals surface area contributed by atoms with Crippen LogP contribution in [0, 0.1) is 6.92 Å². The second-order valence-corrected chi connectivity index (χ2v) is 3.47. The van der Waals surface area contributed by atoms with E-state index >= 15 is 0 Å². The SMILES string of the molecule is COc1ccc(C)cc1N[C@@H](C)C(N)=O. The molecule has 82 valence electrons. The van der Waals surface area contributed by atoms with E-state index in [4.69, 9.17) is 10.5 Å². The Morgan fingerprint density at radius 1 is 1.53 bits per heavy atom. The van der Waals surface area contributed by atoms with Crippen molar-refractivity contribution in [2.75, 3.05) is 12.4 Å². The number of carbonyl (C=O) groups excluding carboxylic acids is 1. The number of nitrogens with two attached hydrogens (primary N) is 1. The number of carbonyl (C=O) groups is 1. The van der Waals surface area contributed by atoms with E-state index in [0.29, 0.717) is 5.75 Å². The van der Waals surface area contributed by atoms with E-state index < -0.39 is 11.9 Å². The second kappa shape index (κ2) is 4.68. The average molecular weight is 208 g/mol. The van der Waals surface area contributed by atoms with Crippen molar-refractivity contribution in [1.29, 1.82) is 0 Å². The Balaban J connectivity index is 2.91. The molecule has 0 radical (unpaired) electrons. The van der Waals surface area contributed by atoms with Crippen LogP contribution in [0.5, 0.6) is 5.75 Å². The summed E-state index contributed by atoms with van der Waals surface area (Å²) in [5.41, 5.74) is 7.05. The molecule has 0 aromatic heterocycles. The van der Waals surface area contributed by atoms with E-state index in [1.165, 1.54) is 0 Å². The van der Waals surface area contributed by atoms with Gasteiger partial charge in [-0.05, 0) is 31.5 Å². The summed E-state index contributed by atoms with van der Waals surface area (Å²) >= 11 is 0. The monoisotopic (exact) mass is 208 g/mol. The van der Waals surface area contributed by atoms with Crippen LogP contribution in [0.4, 0.5) is 5.69 Å². The summed E-state index contributed by atoms with van der Waals surface area (Å²) < 4.78 is 5.17. The van der Waals surface area contributed by atoms with Gasteiger partial charge in [0, 0.05) is 0 Å². The number of amides is 1. The summed E-state index contributed by atoms with van der Waals surface area (Å²) in [5.74, 6) is 0.312. The molecule has 1 aromatic carbocycles. The Kier molecular flexibility index (Phi) is 3.55. The predicted molar refractivity (Wildman–Crippen MR) is 60.0 cm³/mol. The number of hydrogen-bond acceptors (Lipinski definition) is 3. The highest BCUT2D eigenvalue weighted by molar-refractivity contribution is 5.83. The minimum Gasteiger partial charge on any atom is -0.495 e. The summed E-state index contributed by atoms with van der Waals surface area (Å²) in [4.78, 5) is 10.9. The van der Waals surface area contributed by atoms with Gasteiger partial charge in [0.05, 0.1) is 12.8 Å². The lowest BCUT2D eigenvalue weighted by molar-refractivity contribution is -0.118. The van der Waals surface area contributed by atoms with Crippen LogP contribution in [0.1, 0.15) is 12.5 Å². The van der Waals surface area contributed by atoms with Gasteiger partial charge in [0.15, 0.2) is 0 Å². The van der Waals surface area contributed by atoms with Gasteiger partial charge in [-0.1, -0.05) is 6.07 Å². The first-order valence-electron chi connectivity index (χ1n) is 4.75. The summed E-state index contributed by atoms with van der Waals surface area (Å²) in [6.45, 7) is 3.68. The van der Waals surface area contributed by atoms with Crippen LogP contribution in [0.2, 0.25) is 0 Å². The van der Waals surface area contributed by atoms with Gasteiger partial charge in [0.2, 0.25) is 5.91 Å². The quantitative estimate of drug-likeness (QED) is 0.783. The first-order chi connectivity index (χ1) is 7.04. The fourth-order valence-electron chi connectivity index (χ4n) is 1.24. The third kappa shape index (κ3) is 2.87. The van der Waals surface area contributed by atoms with Gasteiger partial charge < -0.3 is 15.8 Å². The van der Waals surface area contributed by atoms with Crippen LogP contribution in [-0.4, -0.2) is 19.1 Å². The molecule has 0 saturated heterocycles. The van der Waals surface area contributed by atoms with Crippen molar-refractivity contribution < 1.29 is 9.53 Å². The number of aryl methyl sites for hydroxylation is 1. The highest BCUT2D eigenvalue weighted by atomic mass is 16.5. The average Bonchev–Trinajstić information content (AvgIpc) is 2.18. The summed E-state index contributed by atoms with van der Waals surface area (Å²) in [6.07, 6.45) is 0. The first kappa shape index (κ1) is 11.4. The normalized spacial score (nSPS) is 11.9. The second-order valence-electron chi connectivity index (χ2n) is 3.47. The van der Waals surface area contributed by atoms with E-state index in [-0.39, 0.29) is 0 Å². The van der Waals surface area contributed by atoms with Crippen molar-refractivity contribution in [2.45, 2.75) is 19.9 Å². The lowest BCUT2D eigenvalue weighted by atomic mass is 10.2. The van der Waals surface area contributed by atoms with Crippen LogP contribution in [-0.2, 0) is 4.79 Å². The number of ether oxygens (including phenoxy) is 1. The number of methoxy groups -OCH3 is 1. The number of anilines is 1. The number of hydrogen-bond donors (Lipinski definition) is 2. The molecule has 0 saturated carbocycles. The van der Waals surface area contributed by atoms with Gasteiger partial charge in [0.25, 0.3) is 0 Å². The molecule has 1 rings (SSSR count). The molecule has 0 aliphatic carbocycles. The molecule has 1 aromatic rings. The Morgan fingerprint density at radius 3 is 2.73 bits per heavy atom. The van der Waals surface area contributed by atoms with Crippen molar-refractivity contribution in [1.82, 2.24) is 0 Å². The van der Waals surface area contributed by atoms with Crippen molar-refractivity contribution in [3.8, 4) is 5.75 Å². The summed E-state index contributed by atoms with van der Waals surface area (Å²) in [7, 11) is 1.59. The highest BCUT2D eigenvalue weighted by Crippen LogP contribution is 2.25. The number of nitrogens with one attached hydrogen (secondary N) is 1. The largest absolute Gasteiger partial charge is 0.495 e. The van der Waals surface area contributed by atoms with Gasteiger partial charge in [-0.3, -0.25) is 4.79 Å². The maximum absolute atomic E-state index is 10.9. The van der Waals surface area contributed by atoms with Crippen LogP contribution in [0.3, 0.4) is 0 Å². The first-order valence-corrected chi connectivity index (χ1v) is 4.75. The molecule has 0 unspecified atom stereocenters. The standard InChI is InChI=1S/C11H16N2O2/c1-7-4-5-10(15-3)9(6-7)13-8(2)11(12)14/h4-6,8,13H,1-3H3,(H2,12,14)/t8-/m0/s1. The fraction of sp³-hybridized carbons (Fsp3) is 0.364. The fourth-order valence-corrected chi connectivity index (χ4v) is 1.24.